The Labute approximate surface area is 164 Å². The summed E-state index contributed by atoms with van der Waals surface area (Å²) in [7, 11) is 2.94. The fourth-order valence-electron chi connectivity index (χ4n) is 2.82. The van der Waals surface area contributed by atoms with Crippen LogP contribution in [0.15, 0.2) is 12.1 Å². The smallest absolute Gasteiger partial charge is 0.327 e. The van der Waals surface area contributed by atoms with Gasteiger partial charge in [0, 0.05) is 19.7 Å². The van der Waals surface area contributed by atoms with Crippen molar-refractivity contribution in [2.75, 3.05) is 33.9 Å². The van der Waals surface area contributed by atoms with Crippen molar-refractivity contribution in [3.05, 3.63) is 17.7 Å². The Bertz CT molecular complexity index is 724. The summed E-state index contributed by atoms with van der Waals surface area (Å²) in [6.45, 7) is 6.68. The summed E-state index contributed by atoms with van der Waals surface area (Å²) < 4.78 is 16.9. The molecule has 0 bridgehead atoms. The molecule has 4 amide bonds. The fraction of sp³-hybridized carbons (Fsp3) is 0.526. The Morgan fingerprint density at radius 3 is 2.07 bits per heavy atom. The molecule has 0 aromatic heterocycles. The minimum atomic E-state index is -0.735. The minimum absolute atomic E-state index is 0.00184. The molecule has 1 aromatic carbocycles. The molecule has 1 N–H and O–H groups in total. The number of carbonyl (C=O) groups is 3. The Kier molecular flexibility index (Phi) is 7.08. The maximum Gasteiger partial charge on any atom is 0.327 e. The van der Waals surface area contributed by atoms with E-state index in [9.17, 15) is 14.4 Å². The molecule has 2 rings (SSSR count). The summed E-state index contributed by atoms with van der Waals surface area (Å²) in [5.74, 6) is 0.412. The van der Waals surface area contributed by atoms with Crippen molar-refractivity contribution in [2.24, 2.45) is 0 Å². The number of rotatable bonds is 8. The normalized spacial score (nSPS) is 16.8. The SMILES string of the molecule is CCOc1cc(C(=O)NC2CC(=O)N(C)C(=O)N2C)cc(OCC)c1OCC. The molecule has 1 atom stereocenters. The van der Waals surface area contributed by atoms with Gasteiger partial charge >= 0.3 is 6.03 Å². The van der Waals surface area contributed by atoms with Crippen molar-refractivity contribution in [3.8, 4) is 17.2 Å². The van der Waals surface area contributed by atoms with Crippen molar-refractivity contribution >= 4 is 17.8 Å². The monoisotopic (exact) mass is 393 g/mol. The predicted molar refractivity (Wildman–Crippen MR) is 102 cm³/mol. The van der Waals surface area contributed by atoms with Gasteiger partial charge in [-0.2, -0.15) is 0 Å². The van der Waals surface area contributed by atoms with E-state index in [-0.39, 0.29) is 17.9 Å². The standard InChI is InChI=1S/C19H27N3O6/c1-6-26-13-9-12(10-14(27-7-2)17(13)28-8-3)18(24)20-15-11-16(23)22(5)19(25)21(15)4/h9-10,15H,6-8,11H2,1-5H3,(H,20,24). The molecule has 1 fully saturated rings. The average Bonchev–Trinajstić information content (AvgIpc) is 2.67. The third-order valence-corrected chi connectivity index (χ3v) is 4.27. The summed E-state index contributed by atoms with van der Waals surface area (Å²) >= 11 is 0. The van der Waals surface area contributed by atoms with Gasteiger partial charge in [0.25, 0.3) is 5.91 Å². The molecule has 9 heteroatoms. The zero-order chi connectivity index (χ0) is 20.8. The molecule has 0 saturated carbocycles. The number of amides is 4. The van der Waals surface area contributed by atoms with Crippen molar-refractivity contribution < 1.29 is 28.6 Å². The highest BCUT2D eigenvalue weighted by Crippen LogP contribution is 2.39. The molecule has 1 aromatic rings. The zero-order valence-electron chi connectivity index (χ0n) is 16.9. The third-order valence-electron chi connectivity index (χ3n) is 4.27. The number of carbonyl (C=O) groups excluding carboxylic acids is 3. The molecular weight excluding hydrogens is 366 g/mol. The van der Waals surface area contributed by atoms with E-state index in [1.165, 1.54) is 19.0 Å². The van der Waals surface area contributed by atoms with Gasteiger partial charge in [-0.3, -0.25) is 14.5 Å². The maximum absolute atomic E-state index is 12.8. The van der Waals surface area contributed by atoms with Gasteiger partial charge in [0.05, 0.1) is 26.2 Å². The van der Waals surface area contributed by atoms with E-state index in [1.54, 1.807) is 12.1 Å². The number of ether oxygens (including phenoxy) is 3. The Hall–Kier alpha value is -2.97. The molecule has 0 spiro atoms. The van der Waals surface area contributed by atoms with Crippen molar-refractivity contribution in [1.29, 1.82) is 0 Å². The van der Waals surface area contributed by atoms with E-state index in [0.717, 1.165) is 4.90 Å². The van der Waals surface area contributed by atoms with Crippen LogP contribution in [0.2, 0.25) is 0 Å². The van der Waals surface area contributed by atoms with Crippen LogP contribution in [0, 0.1) is 0 Å². The van der Waals surface area contributed by atoms with Crippen LogP contribution in [0.1, 0.15) is 37.6 Å². The van der Waals surface area contributed by atoms with Crippen LogP contribution in [0.5, 0.6) is 17.2 Å². The van der Waals surface area contributed by atoms with Crippen LogP contribution in [0.3, 0.4) is 0 Å². The fourth-order valence-corrected chi connectivity index (χ4v) is 2.82. The van der Waals surface area contributed by atoms with E-state index in [1.807, 2.05) is 20.8 Å². The molecule has 1 saturated heterocycles. The molecule has 0 aliphatic carbocycles. The van der Waals surface area contributed by atoms with Gasteiger partial charge in [-0.05, 0) is 32.9 Å². The Morgan fingerprint density at radius 1 is 1.04 bits per heavy atom. The van der Waals surface area contributed by atoms with E-state index < -0.39 is 18.1 Å². The highest BCUT2D eigenvalue weighted by molar-refractivity contribution is 5.99. The van der Waals surface area contributed by atoms with Gasteiger partial charge in [-0.25, -0.2) is 4.79 Å². The number of nitrogens with zero attached hydrogens (tertiary/aromatic N) is 2. The van der Waals surface area contributed by atoms with E-state index in [4.69, 9.17) is 14.2 Å². The second kappa shape index (κ2) is 9.29. The van der Waals surface area contributed by atoms with Gasteiger partial charge in [-0.15, -0.1) is 0 Å². The average molecular weight is 393 g/mol. The van der Waals surface area contributed by atoms with Gasteiger partial charge in [0.15, 0.2) is 11.5 Å². The quantitative estimate of drug-likeness (QED) is 0.724. The van der Waals surface area contributed by atoms with Crippen molar-refractivity contribution in [1.82, 2.24) is 15.1 Å². The molecule has 28 heavy (non-hydrogen) atoms. The largest absolute Gasteiger partial charge is 0.490 e. The van der Waals surface area contributed by atoms with Crippen molar-refractivity contribution in [2.45, 2.75) is 33.4 Å². The maximum atomic E-state index is 12.8. The molecule has 154 valence electrons. The van der Waals surface area contributed by atoms with Crippen LogP contribution in [-0.2, 0) is 4.79 Å². The van der Waals surface area contributed by atoms with Crippen LogP contribution >= 0.6 is 0 Å². The van der Waals surface area contributed by atoms with E-state index in [2.05, 4.69) is 5.32 Å². The van der Waals surface area contributed by atoms with Gasteiger partial charge in [-0.1, -0.05) is 0 Å². The second-order valence-corrected chi connectivity index (χ2v) is 6.14. The van der Waals surface area contributed by atoms with Crippen LogP contribution in [-0.4, -0.2) is 67.7 Å². The first-order valence-corrected chi connectivity index (χ1v) is 9.24. The highest BCUT2D eigenvalue weighted by atomic mass is 16.5. The minimum Gasteiger partial charge on any atom is -0.490 e. The number of imide groups is 1. The third kappa shape index (κ3) is 4.47. The van der Waals surface area contributed by atoms with Crippen LogP contribution in [0.4, 0.5) is 4.79 Å². The van der Waals surface area contributed by atoms with E-state index >= 15 is 0 Å². The lowest BCUT2D eigenvalue weighted by Gasteiger charge is -2.36. The molecule has 1 aliphatic heterocycles. The summed E-state index contributed by atoms with van der Waals surface area (Å²) in [5.41, 5.74) is 0.280. The number of nitrogens with one attached hydrogen (secondary N) is 1. The molecular formula is C19H27N3O6. The molecule has 9 nitrogen and oxygen atoms in total. The summed E-state index contributed by atoms with van der Waals surface area (Å²) in [6, 6.07) is 2.65. The van der Waals surface area contributed by atoms with Gasteiger partial charge in [0.2, 0.25) is 11.7 Å². The molecule has 0 radical (unpaired) electrons. The highest BCUT2D eigenvalue weighted by Gasteiger charge is 2.35. The van der Waals surface area contributed by atoms with Gasteiger partial charge in [0.1, 0.15) is 6.17 Å². The Morgan fingerprint density at radius 2 is 1.57 bits per heavy atom. The summed E-state index contributed by atoms with van der Waals surface area (Å²) in [5, 5.41) is 2.72. The molecule has 1 aliphatic rings. The topological polar surface area (TPSA) is 97.4 Å². The first kappa shape index (κ1) is 21.3. The number of hydrogen-bond acceptors (Lipinski definition) is 6. The molecule has 1 unspecified atom stereocenters. The zero-order valence-corrected chi connectivity index (χ0v) is 16.9. The lowest BCUT2D eigenvalue weighted by Crippen LogP contribution is -2.59. The lowest BCUT2D eigenvalue weighted by molar-refractivity contribution is -0.131. The van der Waals surface area contributed by atoms with Crippen molar-refractivity contribution in [3.63, 3.8) is 0 Å². The predicted octanol–water partition coefficient (Wildman–Crippen LogP) is 1.85. The number of benzene rings is 1. The number of urea groups is 1. The Balaban J connectivity index is 2.31. The second-order valence-electron chi connectivity index (χ2n) is 6.14. The first-order valence-electron chi connectivity index (χ1n) is 9.24. The first-order chi connectivity index (χ1) is 13.3. The van der Waals surface area contributed by atoms with Gasteiger partial charge < -0.3 is 24.4 Å². The lowest BCUT2D eigenvalue weighted by atomic mass is 10.1. The number of hydrogen-bond donors (Lipinski definition) is 1. The van der Waals surface area contributed by atoms with Crippen LogP contribution < -0.4 is 19.5 Å². The summed E-state index contributed by atoms with van der Waals surface area (Å²) in [4.78, 5) is 39.2. The van der Waals surface area contributed by atoms with E-state index in [0.29, 0.717) is 37.1 Å². The molecule has 1 heterocycles. The summed E-state index contributed by atoms with van der Waals surface area (Å²) in [6.07, 6.45) is -0.737. The van der Waals surface area contributed by atoms with Crippen LogP contribution in [0.25, 0.3) is 0 Å².